The van der Waals surface area contributed by atoms with Crippen LogP contribution in [0, 0.1) is 0 Å². The van der Waals surface area contributed by atoms with Gasteiger partial charge in [0.1, 0.15) is 0 Å². The van der Waals surface area contributed by atoms with Gasteiger partial charge in [-0.1, -0.05) is 13.3 Å². The number of hydrogen-bond donors (Lipinski definition) is 3. The third-order valence-corrected chi connectivity index (χ3v) is 1.81. The molecule has 0 rings (SSSR count). The molecule has 3 heteroatoms. The SMILES string of the molecule is CCCC(C)(O)CNCCCO. The summed E-state index contributed by atoms with van der Waals surface area (Å²) >= 11 is 0. The summed E-state index contributed by atoms with van der Waals surface area (Å²) in [5, 5.41) is 21.3. The Balaban J connectivity index is 3.33. The van der Waals surface area contributed by atoms with Crippen molar-refractivity contribution in [3.05, 3.63) is 0 Å². The standard InChI is InChI=1S/C9H21NO2/c1-3-5-9(2,12)8-10-6-4-7-11/h10-12H,3-8H2,1-2H3. The van der Waals surface area contributed by atoms with Gasteiger partial charge in [-0.25, -0.2) is 0 Å². The Morgan fingerprint density at radius 1 is 1.42 bits per heavy atom. The summed E-state index contributed by atoms with van der Waals surface area (Å²) in [5.41, 5.74) is -0.593. The first-order valence-corrected chi connectivity index (χ1v) is 4.66. The molecular weight excluding hydrogens is 154 g/mol. The van der Waals surface area contributed by atoms with Crippen molar-refractivity contribution in [1.29, 1.82) is 0 Å². The van der Waals surface area contributed by atoms with Crippen molar-refractivity contribution in [2.24, 2.45) is 0 Å². The first kappa shape index (κ1) is 11.9. The van der Waals surface area contributed by atoms with Crippen LogP contribution in [0.4, 0.5) is 0 Å². The molecule has 0 saturated carbocycles. The average molecular weight is 175 g/mol. The summed E-state index contributed by atoms with van der Waals surface area (Å²) in [4.78, 5) is 0. The molecule has 0 aliphatic heterocycles. The van der Waals surface area contributed by atoms with Gasteiger partial charge in [0.2, 0.25) is 0 Å². The highest BCUT2D eigenvalue weighted by Crippen LogP contribution is 2.09. The summed E-state index contributed by atoms with van der Waals surface area (Å²) in [6, 6.07) is 0. The van der Waals surface area contributed by atoms with E-state index in [-0.39, 0.29) is 6.61 Å². The van der Waals surface area contributed by atoms with Crippen LogP contribution in [0.15, 0.2) is 0 Å². The third-order valence-electron chi connectivity index (χ3n) is 1.81. The Hall–Kier alpha value is -0.120. The van der Waals surface area contributed by atoms with E-state index < -0.39 is 5.60 Å². The molecular formula is C9H21NO2. The van der Waals surface area contributed by atoms with Crippen molar-refractivity contribution in [3.8, 4) is 0 Å². The predicted octanol–water partition coefficient (Wildman–Crippen LogP) is 0.510. The number of aliphatic hydroxyl groups is 2. The van der Waals surface area contributed by atoms with Gasteiger partial charge >= 0.3 is 0 Å². The molecule has 0 spiro atoms. The fourth-order valence-corrected chi connectivity index (χ4v) is 1.19. The van der Waals surface area contributed by atoms with E-state index in [4.69, 9.17) is 5.11 Å². The lowest BCUT2D eigenvalue weighted by atomic mass is 10.0. The molecule has 0 aromatic heterocycles. The fraction of sp³-hybridized carbons (Fsp3) is 1.00. The highest BCUT2D eigenvalue weighted by molar-refractivity contribution is 4.74. The van der Waals surface area contributed by atoms with Crippen molar-refractivity contribution in [3.63, 3.8) is 0 Å². The Morgan fingerprint density at radius 3 is 2.58 bits per heavy atom. The minimum atomic E-state index is -0.593. The second kappa shape index (κ2) is 6.40. The Kier molecular flexibility index (Phi) is 6.34. The molecule has 0 heterocycles. The van der Waals surface area contributed by atoms with Crippen LogP contribution in [0.25, 0.3) is 0 Å². The van der Waals surface area contributed by atoms with Crippen LogP contribution in [0.3, 0.4) is 0 Å². The maximum absolute atomic E-state index is 9.69. The summed E-state index contributed by atoms with van der Waals surface area (Å²) in [7, 11) is 0. The number of aliphatic hydroxyl groups excluding tert-OH is 1. The van der Waals surface area contributed by atoms with Gasteiger partial charge in [-0.05, 0) is 26.3 Å². The van der Waals surface area contributed by atoms with Gasteiger partial charge in [0.15, 0.2) is 0 Å². The van der Waals surface area contributed by atoms with Gasteiger partial charge in [0.05, 0.1) is 5.60 Å². The lowest BCUT2D eigenvalue weighted by Crippen LogP contribution is -2.38. The molecule has 0 fully saturated rings. The highest BCUT2D eigenvalue weighted by atomic mass is 16.3. The zero-order valence-corrected chi connectivity index (χ0v) is 8.14. The van der Waals surface area contributed by atoms with Crippen molar-refractivity contribution in [2.75, 3.05) is 19.7 Å². The first-order chi connectivity index (χ1) is 5.62. The maximum atomic E-state index is 9.69. The predicted molar refractivity (Wildman–Crippen MR) is 50.1 cm³/mol. The van der Waals surface area contributed by atoms with Crippen molar-refractivity contribution < 1.29 is 10.2 Å². The molecule has 74 valence electrons. The molecule has 3 nitrogen and oxygen atoms in total. The van der Waals surface area contributed by atoms with E-state index in [9.17, 15) is 5.11 Å². The number of nitrogens with one attached hydrogen (secondary N) is 1. The summed E-state index contributed by atoms with van der Waals surface area (Å²) < 4.78 is 0. The summed E-state index contributed by atoms with van der Waals surface area (Å²) in [5.74, 6) is 0. The minimum Gasteiger partial charge on any atom is -0.396 e. The highest BCUT2D eigenvalue weighted by Gasteiger charge is 2.17. The second-order valence-electron chi connectivity index (χ2n) is 3.50. The molecule has 1 atom stereocenters. The van der Waals surface area contributed by atoms with Gasteiger partial charge in [-0.2, -0.15) is 0 Å². The van der Waals surface area contributed by atoms with Crippen molar-refractivity contribution in [2.45, 2.75) is 38.7 Å². The van der Waals surface area contributed by atoms with Gasteiger partial charge < -0.3 is 15.5 Å². The average Bonchev–Trinajstić information content (AvgIpc) is 1.98. The Bertz CT molecular complexity index is 105. The van der Waals surface area contributed by atoms with E-state index in [1.54, 1.807) is 0 Å². The Morgan fingerprint density at radius 2 is 2.08 bits per heavy atom. The lowest BCUT2D eigenvalue weighted by Gasteiger charge is -2.22. The largest absolute Gasteiger partial charge is 0.396 e. The quantitative estimate of drug-likeness (QED) is 0.494. The molecule has 0 aliphatic carbocycles. The van der Waals surface area contributed by atoms with Gasteiger partial charge in [0.25, 0.3) is 0 Å². The molecule has 0 amide bonds. The van der Waals surface area contributed by atoms with Crippen molar-refractivity contribution >= 4 is 0 Å². The van der Waals surface area contributed by atoms with Crippen LogP contribution < -0.4 is 5.32 Å². The topological polar surface area (TPSA) is 52.5 Å². The number of rotatable bonds is 7. The second-order valence-corrected chi connectivity index (χ2v) is 3.50. The summed E-state index contributed by atoms with van der Waals surface area (Å²) in [6.07, 6.45) is 2.57. The third kappa shape index (κ3) is 6.58. The van der Waals surface area contributed by atoms with Gasteiger partial charge in [-0.3, -0.25) is 0 Å². The van der Waals surface area contributed by atoms with E-state index in [2.05, 4.69) is 12.2 Å². The van der Waals surface area contributed by atoms with Crippen LogP contribution in [0.1, 0.15) is 33.1 Å². The van der Waals surface area contributed by atoms with E-state index in [0.717, 1.165) is 25.8 Å². The Labute approximate surface area is 74.8 Å². The molecule has 0 radical (unpaired) electrons. The van der Waals surface area contributed by atoms with Crippen LogP contribution in [0.5, 0.6) is 0 Å². The zero-order chi connectivity index (χ0) is 9.45. The van der Waals surface area contributed by atoms with Gasteiger partial charge in [-0.15, -0.1) is 0 Å². The maximum Gasteiger partial charge on any atom is 0.0743 e. The van der Waals surface area contributed by atoms with Crippen LogP contribution in [-0.4, -0.2) is 35.5 Å². The smallest absolute Gasteiger partial charge is 0.0743 e. The molecule has 0 aromatic rings. The van der Waals surface area contributed by atoms with Crippen LogP contribution in [-0.2, 0) is 0 Å². The fourth-order valence-electron chi connectivity index (χ4n) is 1.19. The number of hydrogen-bond acceptors (Lipinski definition) is 3. The zero-order valence-electron chi connectivity index (χ0n) is 8.14. The molecule has 0 aliphatic rings. The molecule has 1 unspecified atom stereocenters. The molecule has 0 aromatic carbocycles. The van der Waals surface area contributed by atoms with E-state index in [1.165, 1.54) is 0 Å². The normalized spacial score (nSPS) is 16.0. The van der Waals surface area contributed by atoms with E-state index in [1.807, 2.05) is 6.92 Å². The molecule has 3 N–H and O–H groups in total. The molecule has 0 saturated heterocycles. The first-order valence-electron chi connectivity index (χ1n) is 4.66. The van der Waals surface area contributed by atoms with Crippen molar-refractivity contribution in [1.82, 2.24) is 5.32 Å². The molecule has 0 bridgehead atoms. The van der Waals surface area contributed by atoms with E-state index in [0.29, 0.717) is 6.54 Å². The molecule has 12 heavy (non-hydrogen) atoms. The van der Waals surface area contributed by atoms with Gasteiger partial charge in [0, 0.05) is 13.2 Å². The minimum absolute atomic E-state index is 0.211. The van der Waals surface area contributed by atoms with E-state index >= 15 is 0 Å². The van der Waals surface area contributed by atoms with Crippen LogP contribution in [0.2, 0.25) is 0 Å². The van der Waals surface area contributed by atoms with Crippen LogP contribution >= 0.6 is 0 Å². The monoisotopic (exact) mass is 175 g/mol. The summed E-state index contributed by atoms with van der Waals surface area (Å²) in [6.45, 7) is 5.49. The lowest BCUT2D eigenvalue weighted by molar-refractivity contribution is 0.0499.